The van der Waals surface area contributed by atoms with Gasteiger partial charge in [0.15, 0.2) is 5.84 Å². The molecule has 2 N–H and O–H groups in total. The van der Waals surface area contributed by atoms with Crippen LogP contribution >= 0.6 is 11.8 Å². The highest BCUT2D eigenvalue weighted by Gasteiger charge is 2.36. The lowest BCUT2D eigenvalue weighted by Gasteiger charge is -2.19. The number of hydrazone groups is 1. The number of thioether (sulfide) groups is 1. The number of aliphatic imine (C=N–C) groups is 1. The molecule has 2 aliphatic rings. The third-order valence-electron chi connectivity index (χ3n) is 5.16. The van der Waals surface area contributed by atoms with E-state index in [9.17, 15) is 9.59 Å². The Bertz CT molecular complexity index is 1420. The SMILES string of the molecule is Cc1ccccc1C1=NN2C(=N)C(=Cc3ccc(-c4ccc(C(=O)O)cc4)o3)C(=O)N=C2S1. The molecule has 0 bridgehead atoms. The molecule has 33 heavy (non-hydrogen) atoms. The van der Waals surface area contributed by atoms with E-state index in [1.807, 2.05) is 31.2 Å². The van der Waals surface area contributed by atoms with Crippen molar-refractivity contribution in [1.82, 2.24) is 5.01 Å². The number of fused-ring (bicyclic) bond motifs is 1. The predicted octanol–water partition coefficient (Wildman–Crippen LogP) is 4.62. The molecule has 0 unspecified atom stereocenters. The van der Waals surface area contributed by atoms with E-state index < -0.39 is 11.9 Å². The maximum Gasteiger partial charge on any atom is 0.335 e. The summed E-state index contributed by atoms with van der Waals surface area (Å²) < 4.78 is 5.81. The van der Waals surface area contributed by atoms with E-state index in [1.165, 1.54) is 35.0 Å². The second-order valence-electron chi connectivity index (χ2n) is 7.32. The number of nitrogens with one attached hydrogen (secondary N) is 1. The van der Waals surface area contributed by atoms with Gasteiger partial charge in [-0.25, -0.2) is 4.79 Å². The molecule has 2 aromatic carbocycles. The van der Waals surface area contributed by atoms with Gasteiger partial charge in [-0.05, 0) is 54.6 Å². The summed E-state index contributed by atoms with van der Waals surface area (Å²) in [5, 5.41) is 24.5. The zero-order chi connectivity index (χ0) is 23.1. The van der Waals surface area contributed by atoms with Gasteiger partial charge in [0.2, 0.25) is 5.17 Å². The Balaban J connectivity index is 1.43. The van der Waals surface area contributed by atoms with Crippen molar-refractivity contribution in [1.29, 1.82) is 5.41 Å². The van der Waals surface area contributed by atoms with Gasteiger partial charge in [-0.15, -0.1) is 0 Å². The number of furan rings is 1. The molecule has 8 nitrogen and oxygen atoms in total. The molecule has 3 heterocycles. The maximum atomic E-state index is 12.7. The van der Waals surface area contributed by atoms with Gasteiger partial charge in [-0.3, -0.25) is 10.2 Å². The molecule has 1 aromatic heterocycles. The van der Waals surface area contributed by atoms with Crippen LogP contribution in [0.5, 0.6) is 0 Å². The summed E-state index contributed by atoms with van der Waals surface area (Å²) in [5.41, 5.74) is 2.90. The molecular formula is C24H16N4O4S. The second-order valence-corrected chi connectivity index (χ2v) is 8.28. The van der Waals surface area contributed by atoms with Gasteiger partial charge in [0.1, 0.15) is 16.6 Å². The first kappa shape index (κ1) is 20.7. The lowest BCUT2D eigenvalue weighted by atomic mass is 10.1. The lowest BCUT2D eigenvalue weighted by Crippen LogP contribution is -2.35. The highest BCUT2D eigenvalue weighted by atomic mass is 32.2. The Morgan fingerprint density at radius 1 is 1.12 bits per heavy atom. The molecule has 0 fully saturated rings. The van der Waals surface area contributed by atoms with Crippen molar-refractivity contribution < 1.29 is 19.1 Å². The molecule has 162 valence electrons. The van der Waals surface area contributed by atoms with Gasteiger partial charge in [-0.2, -0.15) is 15.1 Å². The van der Waals surface area contributed by atoms with Gasteiger partial charge in [-0.1, -0.05) is 36.4 Å². The van der Waals surface area contributed by atoms with Crippen LogP contribution in [0.15, 0.2) is 80.7 Å². The molecule has 0 atom stereocenters. The zero-order valence-electron chi connectivity index (χ0n) is 17.3. The molecular weight excluding hydrogens is 440 g/mol. The molecule has 5 rings (SSSR count). The van der Waals surface area contributed by atoms with Gasteiger partial charge in [0.05, 0.1) is 11.1 Å². The maximum absolute atomic E-state index is 12.7. The van der Waals surface area contributed by atoms with Crippen LogP contribution in [-0.4, -0.2) is 38.0 Å². The van der Waals surface area contributed by atoms with Crippen LogP contribution in [0, 0.1) is 12.3 Å². The number of nitrogens with zero attached hydrogens (tertiary/aromatic N) is 3. The Hall–Kier alpha value is -4.24. The van der Waals surface area contributed by atoms with E-state index in [0.717, 1.165) is 11.1 Å². The predicted molar refractivity (Wildman–Crippen MR) is 126 cm³/mol. The molecule has 2 aliphatic heterocycles. The fraction of sp³-hybridized carbons (Fsp3) is 0.0417. The van der Waals surface area contributed by atoms with Crippen LogP contribution < -0.4 is 0 Å². The number of aromatic carboxylic acids is 1. The number of carboxylic acids is 1. The molecule has 0 spiro atoms. The number of amides is 1. The molecule has 3 aromatic rings. The van der Waals surface area contributed by atoms with Crippen LogP contribution in [0.1, 0.15) is 27.2 Å². The highest BCUT2D eigenvalue weighted by molar-refractivity contribution is 8.27. The van der Waals surface area contributed by atoms with Gasteiger partial charge >= 0.3 is 5.97 Å². The molecule has 0 aliphatic carbocycles. The Morgan fingerprint density at radius 2 is 1.88 bits per heavy atom. The first-order valence-electron chi connectivity index (χ1n) is 9.90. The minimum atomic E-state index is -1.01. The third kappa shape index (κ3) is 3.79. The monoisotopic (exact) mass is 456 g/mol. The van der Waals surface area contributed by atoms with E-state index in [-0.39, 0.29) is 17.0 Å². The number of amidine groups is 2. The Kier molecular flexibility index (Phi) is 5.02. The molecule has 9 heteroatoms. The average molecular weight is 456 g/mol. The van der Waals surface area contributed by atoms with Crippen molar-refractivity contribution in [3.8, 4) is 11.3 Å². The first-order chi connectivity index (χ1) is 15.9. The number of carbonyl (C=O) groups is 2. The van der Waals surface area contributed by atoms with Crippen molar-refractivity contribution in [2.75, 3.05) is 0 Å². The highest BCUT2D eigenvalue weighted by Crippen LogP contribution is 2.32. The summed E-state index contributed by atoms with van der Waals surface area (Å²) in [5.74, 6) is -0.744. The average Bonchev–Trinajstić information content (AvgIpc) is 3.44. The lowest BCUT2D eigenvalue weighted by molar-refractivity contribution is -0.114. The van der Waals surface area contributed by atoms with Crippen molar-refractivity contribution in [3.63, 3.8) is 0 Å². The Morgan fingerprint density at radius 3 is 2.61 bits per heavy atom. The van der Waals surface area contributed by atoms with Crippen LogP contribution in [-0.2, 0) is 4.79 Å². The summed E-state index contributed by atoms with van der Waals surface area (Å²) in [6.45, 7) is 1.98. The van der Waals surface area contributed by atoms with Crippen LogP contribution in [0.2, 0.25) is 0 Å². The van der Waals surface area contributed by atoms with Gasteiger partial charge in [0.25, 0.3) is 5.91 Å². The van der Waals surface area contributed by atoms with E-state index in [0.29, 0.717) is 27.3 Å². The second kappa shape index (κ2) is 8.03. The largest absolute Gasteiger partial charge is 0.478 e. The normalized spacial score (nSPS) is 16.6. The number of rotatable bonds is 4. The van der Waals surface area contributed by atoms with Crippen LogP contribution in [0.3, 0.4) is 0 Å². The zero-order valence-corrected chi connectivity index (χ0v) is 18.1. The van der Waals surface area contributed by atoms with Gasteiger partial charge < -0.3 is 9.52 Å². The molecule has 1 amide bonds. The number of hydrogen-bond acceptors (Lipinski definition) is 6. The number of carboxylic acid groups (broad SMARTS) is 1. The van der Waals surface area contributed by atoms with Crippen molar-refractivity contribution in [2.24, 2.45) is 10.1 Å². The number of benzene rings is 2. The minimum Gasteiger partial charge on any atom is -0.478 e. The summed E-state index contributed by atoms with van der Waals surface area (Å²) in [6, 6.07) is 17.4. The van der Waals surface area contributed by atoms with Crippen LogP contribution in [0.4, 0.5) is 0 Å². The summed E-state index contributed by atoms with van der Waals surface area (Å²) in [6.07, 6.45) is 1.46. The topological polar surface area (TPSA) is 119 Å². The van der Waals surface area contributed by atoms with Gasteiger partial charge in [0, 0.05) is 11.1 Å². The van der Waals surface area contributed by atoms with Crippen molar-refractivity contribution in [2.45, 2.75) is 6.92 Å². The number of carbonyl (C=O) groups excluding carboxylic acids is 1. The number of aryl methyl sites for hydroxylation is 1. The molecule has 0 saturated heterocycles. The number of hydrogen-bond donors (Lipinski definition) is 2. The summed E-state index contributed by atoms with van der Waals surface area (Å²) >= 11 is 1.25. The smallest absolute Gasteiger partial charge is 0.335 e. The fourth-order valence-corrected chi connectivity index (χ4v) is 4.40. The standard InChI is InChI=1S/C24H16N4O4S/c1-13-4-2-3-5-17(13)22-27-28-20(25)18(21(29)26-24(28)33-22)12-16-10-11-19(32-16)14-6-8-15(9-7-14)23(30)31/h2-12,25H,1H3,(H,30,31). The van der Waals surface area contributed by atoms with E-state index in [1.54, 1.807) is 24.3 Å². The third-order valence-corrected chi connectivity index (χ3v) is 6.10. The Labute approximate surface area is 192 Å². The van der Waals surface area contributed by atoms with E-state index in [4.69, 9.17) is 14.9 Å². The quantitative estimate of drug-likeness (QED) is 0.553. The molecule has 0 saturated carbocycles. The van der Waals surface area contributed by atoms with Crippen molar-refractivity contribution in [3.05, 3.63) is 88.7 Å². The summed E-state index contributed by atoms with van der Waals surface area (Å²) in [7, 11) is 0. The first-order valence-corrected chi connectivity index (χ1v) is 10.7. The summed E-state index contributed by atoms with van der Waals surface area (Å²) in [4.78, 5) is 27.8. The van der Waals surface area contributed by atoms with Crippen molar-refractivity contribution >= 4 is 45.8 Å². The van der Waals surface area contributed by atoms with Crippen LogP contribution in [0.25, 0.3) is 17.4 Å². The van der Waals surface area contributed by atoms with E-state index in [2.05, 4.69) is 10.1 Å². The van der Waals surface area contributed by atoms with E-state index >= 15 is 0 Å². The minimum absolute atomic E-state index is 0.0660. The molecule has 0 radical (unpaired) electrons. The fourth-order valence-electron chi connectivity index (χ4n) is 3.42.